The second-order valence-corrected chi connectivity index (χ2v) is 5.23. The predicted molar refractivity (Wildman–Crippen MR) is 79.6 cm³/mol. The van der Waals surface area contributed by atoms with Gasteiger partial charge in [-0.15, -0.1) is 0 Å². The van der Waals surface area contributed by atoms with E-state index in [1.54, 1.807) is 37.3 Å². The molecule has 0 heterocycles. The van der Waals surface area contributed by atoms with Gasteiger partial charge in [0.25, 0.3) is 0 Å². The Kier molecular flexibility index (Phi) is 4.39. The minimum Gasteiger partial charge on any atom is -0.478 e. The van der Waals surface area contributed by atoms with E-state index in [0.29, 0.717) is 16.6 Å². The fourth-order valence-electron chi connectivity index (χ4n) is 1.81. The van der Waals surface area contributed by atoms with Gasteiger partial charge in [0.1, 0.15) is 5.82 Å². The van der Waals surface area contributed by atoms with Crippen molar-refractivity contribution in [1.82, 2.24) is 0 Å². The molecule has 0 aliphatic heterocycles. The Morgan fingerprint density at radius 3 is 2.75 bits per heavy atom. The summed E-state index contributed by atoms with van der Waals surface area (Å²) in [6.07, 6.45) is 0. The van der Waals surface area contributed by atoms with E-state index in [9.17, 15) is 9.18 Å². The summed E-state index contributed by atoms with van der Waals surface area (Å²) in [5, 5.41) is 12.0. The van der Waals surface area contributed by atoms with Crippen LogP contribution in [-0.4, -0.2) is 11.1 Å². The predicted octanol–water partition coefficient (Wildman–Crippen LogP) is 4.21. The summed E-state index contributed by atoms with van der Waals surface area (Å²) in [5.41, 5.74) is 2.41. The van der Waals surface area contributed by atoms with Gasteiger partial charge in [0, 0.05) is 22.3 Å². The molecule has 20 heavy (non-hydrogen) atoms. The van der Waals surface area contributed by atoms with E-state index in [0.717, 1.165) is 11.3 Å². The van der Waals surface area contributed by atoms with Gasteiger partial charge >= 0.3 is 5.97 Å². The van der Waals surface area contributed by atoms with E-state index >= 15 is 0 Å². The maximum absolute atomic E-state index is 13.4. The van der Waals surface area contributed by atoms with Crippen LogP contribution >= 0.6 is 15.9 Å². The number of hydrogen-bond acceptors (Lipinski definition) is 2. The number of rotatable bonds is 4. The van der Waals surface area contributed by atoms with E-state index in [1.807, 2.05) is 0 Å². The lowest BCUT2D eigenvalue weighted by molar-refractivity contribution is 0.0697. The Bertz CT molecular complexity index is 658. The molecule has 2 rings (SSSR count). The summed E-state index contributed by atoms with van der Waals surface area (Å²) in [6.45, 7) is 2.19. The zero-order valence-electron chi connectivity index (χ0n) is 10.8. The second kappa shape index (κ2) is 6.05. The van der Waals surface area contributed by atoms with Crippen LogP contribution in [-0.2, 0) is 6.54 Å². The minimum atomic E-state index is -0.966. The van der Waals surface area contributed by atoms with Crippen molar-refractivity contribution in [3.05, 3.63) is 63.4 Å². The first kappa shape index (κ1) is 14.5. The molecular formula is C15H13BrFNO2. The molecule has 0 fully saturated rings. The van der Waals surface area contributed by atoms with E-state index in [2.05, 4.69) is 21.2 Å². The average molecular weight is 338 g/mol. The summed E-state index contributed by atoms with van der Waals surface area (Å²) < 4.78 is 14.1. The third kappa shape index (κ3) is 3.17. The van der Waals surface area contributed by atoms with Gasteiger partial charge in [0.05, 0.1) is 5.56 Å². The zero-order chi connectivity index (χ0) is 14.7. The molecule has 2 aromatic carbocycles. The standard InChI is InChI=1S/C15H13BrFNO2/c1-9-13(17)3-2-4-14(9)18-8-11-6-5-10(15(19)20)7-12(11)16/h2-7,18H,8H2,1H3,(H,19,20). The average Bonchev–Trinajstić information content (AvgIpc) is 2.41. The topological polar surface area (TPSA) is 49.3 Å². The highest BCUT2D eigenvalue weighted by molar-refractivity contribution is 9.10. The van der Waals surface area contributed by atoms with Crippen LogP contribution in [0.5, 0.6) is 0 Å². The van der Waals surface area contributed by atoms with Crippen molar-refractivity contribution in [1.29, 1.82) is 0 Å². The molecule has 2 aromatic rings. The van der Waals surface area contributed by atoms with E-state index < -0.39 is 5.97 Å². The Morgan fingerprint density at radius 1 is 1.35 bits per heavy atom. The molecule has 0 unspecified atom stereocenters. The van der Waals surface area contributed by atoms with Crippen molar-refractivity contribution in [2.24, 2.45) is 0 Å². The Hall–Kier alpha value is -1.88. The molecule has 0 bridgehead atoms. The largest absolute Gasteiger partial charge is 0.478 e. The third-order valence-electron chi connectivity index (χ3n) is 3.04. The lowest BCUT2D eigenvalue weighted by Crippen LogP contribution is -2.04. The molecule has 0 saturated heterocycles. The van der Waals surface area contributed by atoms with Crippen LogP contribution in [0.3, 0.4) is 0 Å². The van der Waals surface area contributed by atoms with Crippen LogP contribution < -0.4 is 5.32 Å². The summed E-state index contributed by atoms with van der Waals surface area (Å²) in [6, 6.07) is 9.69. The van der Waals surface area contributed by atoms with Crippen LogP contribution in [0.4, 0.5) is 10.1 Å². The van der Waals surface area contributed by atoms with Crippen molar-refractivity contribution in [2.75, 3.05) is 5.32 Å². The number of aromatic carboxylic acids is 1. The van der Waals surface area contributed by atoms with E-state index in [-0.39, 0.29) is 11.4 Å². The molecule has 0 atom stereocenters. The Labute approximate surface area is 124 Å². The van der Waals surface area contributed by atoms with Gasteiger partial charge in [-0.05, 0) is 36.8 Å². The first-order valence-electron chi connectivity index (χ1n) is 5.99. The molecule has 5 heteroatoms. The van der Waals surface area contributed by atoms with Gasteiger partial charge in [0.15, 0.2) is 0 Å². The maximum atomic E-state index is 13.4. The van der Waals surface area contributed by atoms with Crippen molar-refractivity contribution in [3.63, 3.8) is 0 Å². The van der Waals surface area contributed by atoms with Crippen LogP contribution in [0, 0.1) is 12.7 Å². The molecule has 2 N–H and O–H groups in total. The number of benzene rings is 2. The lowest BCUT2D eigenvalue weighted by Gasteiger charge is -2.11. The number of carboxylic acids is 1. The molecule has 0 aliphatic carbocycles. The SMILES string of the molecule is Cc1c(F)cccc1NCc1ccc(C(=O)O)cc1Br. The molecule has 0 amide bonds. The van der Waals surface area contributed by atoms with Gasteiger partial charge < -0.3 is 10.4 Å². The Balaban J connectivity index is 2.15. The highest BCUT2D eigenvalue weighted by Crippen LogP contribution is 2.22. The lowest BCUT2D eigenvalue weighted by atomic mass is 10.1. The van der Waals surface area contributed by atoms with Crippen LogP contribution in [0.25, 0.3) is 0 Å². The normalized spacial score (nSPS) is 10.3. The van der Waals surface area contributed by atoms with Gasteiger partial charge in [0.2, 0.25) is 0 Å². The molecule has 0 aromatic heterocycles. The molecule has 0 spiro atoms. The highest BCUT2D eigenvalue weighted by atomic mass is 79.9. The van der Waals surface area contributed by atoms with E-state index in [4.69, 9.17) is 5.11 Å². The maximum Gasteiger partial charge on any atom is 0.335 e. The summed E-state index contributed by atoms with van der Waals surface area (Å²) in [4.78, 5) is 10.8. The summed E-state index contributed by atoms with van der Waals surface area (Å²) >= 11 is 3.34. The summed E-state index contributed by atoms with van der Waals surface area (Å²) in [7, 11) is 0. The monoisotopic (exact) mass is 337 g/mol. The number of hydrogen-bond donors (Lipinski definition) is 2. The van der Waals surface area contributed by atoms with Crippen molar-refractivity contribution in [2.45, 2.75) is 13.5 Å². The number of carboxylic acid groups (broad SMARTS) is 1. The van der Waals surface area contributed by atoms with Crippen molar-refractivity contribution >= 4 is 27.6 Å². The van der Waals surface area contributed by atoms with Crippen molar-refractivity contribution < 1.29 is 14.3 Å². The summed E-state index contributed by atoms with van der Waals surface area (Å²) in [5.74, 6) is -1.22. The van der Waals surface area contributed by atoms with Gasteiger partial charge in [-0.2, -0.15) is 0 Å². The van der Waals surface area contributed by atoms with Crippen LogP contribution in [0.2, 0.25) is 0 Å². The molecule has 104 valence electrons. The molecule has 0 saturated carbocycles. The molecule has 0 aliphatic rings. The highest BCUT2D eigenvalue weighted by Gasteiger charge is 2.08. The van der Waals surface area contributed by atoms with Gasteiger partial charge in [-0.3, -0.25) is 0 Å². The van der Waals surface area contributed by atoms with E-state index in [1.165, 1.54) is 6.07 Å². The number of nitrogens with one attached hydrogen (secondary N) is 1. The Morgan fingerprint density at radius 2 is 2.10 bits per heavy atom. The quantitative estimate of drug-likeness (QED) is 0.878. The first-order chi connectivity index (χ1) is 9.49. The van der Waals surface area contributed by atoms with Gasteiger partial charge in [-0.1, -0.05) is 28.1 Å². The number of carbonyl (C=O) groups is 1. The number of halogens is 2. The fraction of sp³-hybridized carbons (Fsp3) is 0.133. The third-order valence-corrected chi connectivity index (χ3v) is 3.78. The minimum absolute atomic E-state index is 0.225. The van der Waals surface area contributed by atoms with Crippen molar-refractivity contribution in [3.8, 4) is 0 Å². The molecule has 3 nitrogen and oxygen atoms in total. The molecule has 0 radical (unpaired) electrons. The smallest absolute Gasteiger partial charge is 0.335 e. The van der Waals surface area contributed by atoms with Crippen LogP contribution in [0.15, 0.2) is 40.9 Å². The van der Waals surface area contributed by atoms with Crippen LogP contribution in [0.1, 0.15) is 21.5 Å². The molecular weight excluding hydrogens is 325 g/mol. The second-order valence-electron chi connectivity index (χ2n) is 4.38. The number of anilines is 1. The zero-order valence-corrected chi connectivity index (χ0v) is 12.4. The fourth-order valence-corrected chi connectivity index (χ4v) is 2.33. The van der Waals surface area contributed by atoms with Gasteiger partial charge in [-0.25, -0.2) is 9.18 Å². The first-order valence-corrected chi connectivity index (χ1v) is 6.79.